The summed E-state index contributed by atoms with van der Waals surface area (Å²) in [6.45, 7) is 11.6. The van der Waals surface area contributed by atoms with Gasteiger partial charge in [-0.1, -0.05) is 219 Å². The summed E-state index contributed by atoms with van der Waals surface area (Å²) in [6.07, 6.45) is 83.0. The van der Waals surface area contributed by atoms with E-state index in [0.717, 1.165) is 26.2 Å². The molecule has 0 saturated heterocycles. The van der Waals surface area contributed by atoms with Gasteiger partial charge in [0.25, 0.3) is 0 Å². The number of hydrogen-bond acceptors (Lipinski definition) is 0. The van der Waals surface area contributed by atoms with E-state index in [1.807, 2.05) is 0 Å². The number of hydrogen-bond donors (Lipinski definition) is 0. The molecule has 0 atom stereocenters. The zero-order chi connectivity index (χ0) is 47.2. The number of aromatic nitrogens is 6. The number of aryl methyl sites for hydroxylation is 6. The van der Waals surface area contributed by atoms with Gasteiger partial charge in [-0.25, -0.2) is 27.4 Å². The Morgan fingerprint density at radius 1 is 0.224 bits per heavy atom. The maximum Gasteiger partial charge on any atom is 0.243 e. The van der Waals surface area contributed by atoms with Crippen LogP contribution in [0.3, 0.4) is 0 Å². The average Bonchev–Trinajstić information content (AvgIpc) is 4.12. The molecule has 3 aromatic heterocycles. The normalized spacial score (nSPS) is 11.7. The van der Waals surface area contributed by atoms with Crippen LogP contribution in [-0.4, -0.2) is 13.7 Å². The SMILES string of the molecule is CCCCCCCCCCCCCCCCCCCC[n+]1ccn(CCCCCCn2cc[n+](CCCCCCn3cc[n+](CCCCCCCCCCCCCCCCCCCC)c3)c2)c1. The molecule has 0 fully saturated rings. The zero-order valence-electron chi connectivity index (χ0n) is 45.2. The molecule has 0 aliphatic carbocycles. The topological polar surface area (TPSA) is 26.4 Å². The van der Waals surface area contributed by atoms with Crippen LogP contribution in [0.4, 0.5) is 0 Å². The minimum atomic E-state index is 1.15. The third kappa shape index (κ3) is 35.4. The van der Waals surface area contributed by atoms with Gasteiger partial charge in [-0.15, -0.1) is 0 Å². The molecule has 0 amide bonds. The van der Waals surface area contributed by atoms with Crippen molar-refractivity contribution in [1.82, 2.24) is 13.7 Å². The maximum absolute atomic E-state index is 2.41. The lowest BCUT2D eigenvalue weighted by atomic mass is 10.0. The Balaban J connectivity index is 1.02. The molecule has 3 heterocycles. The second kappa shape index (κ2) is 44.8. The maximum atomic E-state index is 2.41. The van der Waals surface area contributed by atoms with Crippen LogP contribution in [0.1, 0.15) is 296 Å². The van der Waals surface area contributed by atoms with E-state index in [9.17, 15) is 0 Å². The molecular formula is C61H115N6+3. The van der Waals surface area contributed by atoms with Crippen LogP contribution in [0.5, 0.6) is 0 Å². The van der Waals surface area contributed by atoms with Crippen LogP contribution in [0.25, 0.3) is 0 Å². The van der Waals surface area contributed by atoms with Crippen molar-refractivity contribution in [3.63, 3.8) is 0 Å². The molecule has 0 aliphatic rings. The highest BCUT2D eigenvalue weighted by Gasteiger charge is 2.08. The van der Waals surface area contributed by atoms with Crippen molar-refractivity contribution in [2.45, 2.75) is 336 Å². The van der Waals surface area contributed by atoms with E-state index in [1.54, 1.807) is 0 Å². The van der Waals surface area contributed by atoms with Crippen LogP contribution >= 0.6 is 0 Å². The molecule has 3 rings (SSSR count). The van der Waals surface area contributed by atoms with E-state index >= 15 is 0 Å². The monoisotopic (exact) mass is 932 g/mol. The summed E-state index contributed by atoms with van der Waals surface area (Å²) in [6, 6.07) is 0. The summed E-state index contributed by atoms with van der Waals surface area (Å²) >= 11 is 0. The minimum Gasteiger partial charge on any atom is -0.237 e. The lowest BCUT2D eigenvalue weighted by Gasteiger charge is -2.03. The van der Waals surface area contributed by atoms with Gasteiger partial charge in [0.15, 0.2) is 0 Å². The third-order valence-electron chi connectivity index (χ3n) is 14.9. The predicted octanol–water partition coefficient (Wildman–Crippen LogP) is 17.6. The van der Waals surface area contributed by atoms with Gasteiger partial charge in [0.2, 0.25) is 19.0 Å². The first-order chi connectivity index (χ1) is 33.3. The second-order valence-corrected chi connectivity index (χ2v) is 21.5. The van der Waals surface area contributed by atoms with Gasteiger partial charge in [0, 0.05) is 0 Å². The fraction of sp³-hybridized carbons (Fsp3) is 0.852. The minimum absolute atomic E-state index is 1.15. The fourth-order valence-corrected chi connectivity index (χ4v) is 10.4. The Labute approximate surface area is 417 Å². The largest absolute Gasteiger partial charge is 0.243 e. The zero-order valence-corrected chi connectivity index (χ0v) is 45.2. The smallest absolute Gasteiger partial charge is 0.237 e. The quantitative estimate of drug-likeness (QED) is 0.0398. The highest BCUT2D eigenvalue weighted by atomic mass is 15.1. The first-order valence-corrected chi connectivity index (χ1v) is 30.4. The molecule has 0 aromatic carbocycles. The van der Waals surface area contributed by atoms with E-state index in [4.69, 9.17) is 0 Å². The molecule has 6 heteroatoms. The van der Waals surface area contributed by atoms with Crippen molar-refractivity contribution in [2.24, 2.45) is 0 Å². The summed E-state index contributed by atoms with van der Waals surface area (Å²) in [5, 5.41) is 0. The van der Waals surface area contributed by atoms with Gasteiger partial charge in [0.1, 0.15) is 37.2 Å². The molecule has 3 aromatic rings. The Morgan fingerprint density at radius 3 is 0.612 bits per heavy atom. The number of rotatable bonds is 52. The van der Waals surface area contributed by atoms with Crippen molar-refractivity contribution >= 4 is 0 Å². The molecule has 386 valence electrons. The number of unbranched alkanes of at least 4 members (excludes halogenated alkanes) is 40. The van der Waals surface area contributed by atoms with Crippen molar-refractivity contribution < 1.29 is 13.7 Å². The lowest BCUT2D eigenvalue weighted by Crippen LogP contribution is -2.31. The van der Waals surface area contributed by atoms with Crippen LogP contribution < -0.4 is 13.7 Å². The van der Waals surface area contributed by atoms with E-state index in [1.165, 1.54) is 296 Å². The molecular weight excluding hydrogens is 817 g/mol. The Morgan fingerprint density at radius 2 is 0.403 bits per heavy atom. The van der Waals surface area contributed by atoms with E-state index in [0.29, 0.717) is 0 Å². The second-order valence-electron chi connectivity index (χ2n) is 21.5. The van der Waals surface area contributed by atoms with Crippen LogP contribution in [0.15, 0.2) is 56.2 Å². The first-order valence-electron chi connectivity index (χ1n) is 30.4. The van der Waals surface area contributed by atoms with E-state index < -0.39 is 0 Å². The molecule has 0 saturated carbocycles. The van der Waals surface area contributed by atoms with Crippen molar-refractivity contribution in [3.8, 4) is 0 Å². The van der Waals surface area contributed by atoms with Gasteiger partial charge in [-0.05, 0) is 77.0 Å². The highest BCUT2D eigenvalue weighted by Crippen LogP contribution is 2.16. The summed E-state index contributed by atoms with van der Waals surface area (Å²) in [5.41, 5.74) is 0. The molecule has 67 heavy (non-hydrogen) atoms. The fourth-order valence-electron chi connectivity index (χ4n) is 10.4. The Kier molecular flexibility index (Phi) is 39.4. The van der Waals surface area contributed by atoms with Gasteiger partial charge >= 0.3 is 0 Å². The summed E-state index contributed by atoms with van der Waals surface area (Å²) in [7, 11) is 0. The molecule has 0 unspecified atom stereocenters. The Bertz CT molecular complexity index is 1330. The molecule has 6 nitrogen and oxygen atoms in total. The highest BCUT2D eigenvalue weighted by molar-refractivity contribution is 4.69. The lowest BCUT2D eigenvalue weighted by molar-refractivity contribution is -0.697. The van der Waals surface area contributed by atoms with Crippen LogP contribution in [0.2, 0.25) is 0 Å². The van der Waals surface area contributed by atoms with E-state index in [2.05, 4.69) is 97.4 Å². The molecule has 0 bridgehead atoms. The predicted molar refractivity (Wildman–Crippen MR) is 288 cm³/mol. The Hall–Kier alpha value is -2.37. The summed E-state index contributed by atoms with van der Waals surface area (Å²) < 4.78 is 14.4. The van der Waals surface area contributed by atoms with Crippen molar-refractivity contribution in [2.75, 3.05) is 0 Å². The third-order valence-corrected chi connectivity index (χ3v) is 14.9. The first kappa shape index (κ1) is 58.9. The summed E-state index contributed by atoms with van der Waals surface area (Å²) in [5.74, 6) is 0. The summed E-state index contributed by atoms with van der Waals surface area (Å²) in [4.78, 5) is 0. The molecule has 0 N–H and O–H groups in total. The number of imidazole rings is 3. The molecule has 0 aliphatic heterocycles. The number of nitrogens with zero attached hydrogens (tertiary/aromatic N) is 6. The van der Waals surface area contributed by atoms with Crippen molar-refractivity contribution in [3.05, 3.63) is 56.2 Å². The van der Waals surface area contributed by atoms with Crippen molar-refractivity contribution in [1.29, 1.82) is 0 Å². The average molecular weight is 933 g/mol. The van der Waals surface area contributed by atoms with Crippen LogP contribution in [-0.2, 0) is 39.3 Å². The van der Waals surface area contributed by atoms with Gasteiger partial charge in [-0.2, -0.15) is 0 Å². The van der Waals surface area contributed by atoms with Gasteiger partial charge in [0.05, 0.1) is 39.3 Å². The van der Waals surface area contributed by atoms with E-state index in [-0.39, 0.29) is 0 Å². The molecule has 0 spiro atoms. The van der Waals surface area contributed by atoms with Gasteiger partial charge in [-0.3, -0.25) is 0 Å². The standard InChI is InChI=1S/C61H115N6/c1-3-5-7-9-11-13-15-17-19-21-23-25-27-29-31-33-35-41-47-62-53-55-64(59-62)49-43-37-39-45-51-66-57-58-67(61-66)52-46-40-38-44-50-65-56-54-63(60-65)48-42-36-34-32-30-28-26-24-22-20-18-16-14-12-10-8-6-4-2/h53-61H,3-52H2,1-2H3/q+3. The van der Waals surface area contributed by atoms with Gasteiger partial charge < -0.3 is 0 Å². The van der Waals surface area contributed by atoms with Crippen LogP contribution in [0, 0.1) is 0 Å². The molecule has 0 radical (unpaired) electrons.